The highest BCUT2D eigenvalue weighted by Gasteiger charge is 2.26. The van der Waals surface area contributed by atoms with Crippen LogP contribution < -0.4 is 5.73 Å². The summed E-state index contributed by atoms with van der Waals surface area (Å²) < 4.78 is 33.0. The number of carbonyl (C=O) groups excluding carboxylic acids is 2. The van der Waals surface area contributed by atoms with Gasteiger partial charge in [-0.2, -0.15) is 0 Å². The van der Waals surface area contributed by atoms with Crippen LogP contribution in [0.5, 0.6) is 0 Å². The molecule has 10 heteroatoms. The Kier molecular flexibility index (Phi) is 52.8. The van der Waals surface area contributed by atoms with Gasteiger partial charge in [-0.25, -0.2) is 4.57 Å². The molecule has 2 unspecified atom stereocenters. The molecule has 400 valence electrons. The average molecular weight is 988 g/mol. The minimum Gasteiger partial charge on any atom is -0.462 e. The molecule has 0 aromatic carbocycles. The number of phosphoric ester groups is 1. The Morgan fingerprint density at radius 2 is 0.797 bits per heavy atom. The number of unbranched alkanes of at least 4 members (excludes halogenated alkanes) is 28. The highest BCUT2D eigenvalue weighted by atomic mass is 31.2. The van der Waals surface area contributed by atoms with Gasteiger partial charge in [0.2, 0.25) is 0 Å². The normalized spacial score (nSPS) is 13.6. The molecule has 0 saturated carbocycles. The molecule has 0 fully saturated rings. The fourth-order valence-corrected chi connectivity index (χ4v) is 8.66. The van der Waals surface area contributed by atoms with Crippen LogP contribution in [0.3, 0.4) is 0 Å². The van der Waals surface area contributed by atoms with Crippen molar-refractivity contribution >= 4 is 19.8 Å². The number of rotatable bonds is 53. The van der Waals surface area contributed by atoms with E-state index in [1.165, 1.54) is 135 Å². The topological polar surface area (TPSA) is 134 Å². The number of hydrogen-bond donors (Lipinski definition) is 2. The zero-order valence-corrected chi connectivity index (χ0v) is 45.4. The van der Waals surface area contributed by atoms with Crippen LogP contribution in [0, 0.1) is 0 Å². The van der Waals surface area contributed by atoms with Gasteiger partial charge in [0.15, 0.2) is 6.10 Å². The van der Waals surface area contributed by atoms with E-state index in [9.17, 15) is 19.0 Å². The van der Waals surface area contributed by atoms with Gasteiger partial charge >= 0.3 is 19.8 Å². The molecule has 0 aliphatic rings. The van der Waals surface area contributed by atoms with Crippen molar-refractivity contribution < 1.29 is 37.6 Å². The van der Waals surface area contributed by atoms with Crippen LogP contribution in [-0.4, -0.2) is 49.3 Å². The van der Waals surface area contributed by atoms with Crippen LogP contribution in [0.2, 0.25) is 0 Å². The van der Waals surface area contributed by atoms with Crippen LogP contribution in [0.25, 0.3) is 0 Å². The molecule has 69 heavy (non-hydrogen) atoms. The third-order valence-corrected chi connectivity index (χ3v) is 13.1. The molecule has 3 N–H and O–H groups in total. The fraction of sp³-hybridized carbons (Fsp3) is 0.763. The minimum atomic E-state index is -4.39. The average Bonchev–Trinajstić information content (AvgIpc) is 3.34. The van der Waals surface area contributed by atoms with Crippen LogP contribution in [0.15, 0.2) is 72.9 Å². The summed E-state index contributed by atoms with van der Waals surface area (Å²) in [6, 6.07) is 0. The quantitative estimate of drug-likeness (QED) is 0.0264. The molecule has 0 aliphatic carbocycles. The first-order valence-electron chi connectivity index (χ1n) is 28.4. The zero-order valence-electron chi connectivity index (χ0n) is 44.5. The Morgan fingerprint density at radius 1 is 0.449 bits per heavy atom. The van der Waals surface area contributed by atoms with Crippen molar-refractivity contribution in [1.29, 1.82) is 0 Å². The van der Waals surface area contributed by atoms with E-state index in [-0.39, 0.29) is 38.6 Å². The van der Waals surface area contributed by atoms with Crippen LogP contribution in [-0.2, 0) is 32.7 Å². The molecule has 0 radical (unpaired) electrons. The number of ether oxygens (including phenoxy) is 2. The maximum absolute atomic E-state index is 12.7. The van der Waals surface area contributed by atoms with Gasteiger partial charge in [0.1, 0.15) is 6.61 Å². The molecule has 0 saturated heterocycles. The second-order valence-corrected chi connectivity index (χ2v) is 20.2. The Labute approximate surface area is 424 Å². The van der Waals surface area contributed by atoms with Gasteiger partial charge in [-0.1, -0.05) is 234 Å². The highest BCUT2D eigenvalue weighted by Crippen LogP contribution is 2.43. The molecule has 0 bridgehead atoms. The number of carbonyl (C=O) groups is 2. The fourth-order valence-electron chi connectivity index (χ4n) is 7.89. The molecule has 0 aromatic heterocycles. The van der Waals surface area contributed by atoms with Gasteiger partial charge in [-0.05, 0) is 83.5 Å². The lowest BCUT2D eigenvalue weighted by atomic mass is 10.0. The van der Waals surface area contributed by atoms with Crippen LogP contribution in [0.4, 0.5) is 0 Å². The van der Waals surface area contributed by atoms with Crippen LogP contribution >= 0.6 is 7.82 Å². The lowest BCUT2D eigenvalue weighted by Gasteiger charge is -2.19. The van der Waals surface area contributed by atoms with Gasteiger partial charge in [0, 0.05) is 19.4 Å². The first-order valence-corrected chi connectivity index (χ1v) is 29.9. The molecule has 0 rings (SSSR count). The number of nitrogens with two attached hydrogens (primary N) is 1. The summed E-state index contributed by atoms with van der Waals surface area (Å²) >= 11 is 0. The lowest BCUT2D eigenvalue weighted by molar-refractivity contribution is -0.161. The molecule has 2 atom stereocenters. The summed E-state index contributed by atoms with van der Waals surface area (Å²) in [7, 11) is -4.39. The Morgan fingerprint density at radius 3 is 1.20 bits per heavy atom. The van der Waals surface area contributed by atoms with E-state index < -0.39 is 26.5 Å². The summed E-state index contributed by atoms with van der Waals surface area (Å²) in [6.45, 7) is 3.63. The minimum absolute atomic E-state index is 0.0514. The van der Waals surface area contributed by atoms with E-state index in [1.54, 1.807) is 0 Å². The maximum Gasteiger partial charge on any atom is 0.472 e. The molecular formula is C59H106NO8P. The Balaban J connectivity index is 3.90. The second-order valence-electron chi connectivity index (χ2n) is 18.8. The van der Waals surface area contributed by atoms with Crippen molar-refractivity contribution in [2.45, 2.75) is 264 Å². The van der Waals surface area contributed by atoms with Crippen molar-refractivity contribution in [3.8, 4) is 0 Å². The van der Waals surface area contributed by atoms with Crippen molar-refractivity contribution in [2.75, 3.05) is 26.4 Å². The van der Waals surface area contributed by atoms with E-state index in [0.29, 0.717) is 6.42 Å². The van der Waals surface area contributed by atoms with E-state index in [1.807, 2.05) is 0 Å². The van der Waals surface area contributed by atoms with E-state index in [0.717, 1.165) is 89.9 Å². The van der Waals surface area contributed by atoms with Gasteiger partial charge in [-0.15, -0.1) is 0 Å². The van der Waals surface area contributed by atoms with Gasteiger partial charge in [0.25, 0.3) is 0 Å². The number of hydrogen-bond acceptors (Lipinski definition) is 8. The monoisotopic (exact) mass is 988 g/mol. The highest BCUT2D eigenvalue weighted by molar-refractivity contribution is 7.47. The molecule has 0 aromatic rings. The summed E-state index contributed by atoms with van der Waals surface area (Å²) in [4.78, 5) is 35.1. The lowest BCUT2D eigenvalue weighted by Crippen LogP contribution is -2.29. The zero-order chi connectivity index (χ0) is 50.2. The van der Waals surface area contributed by atoms with E-state index >= 15 is 0 Å². The molecule has 9 nitrogen and oxygen atoms in total. The third kappa shape index (κ3) is 54.6. The van der Waals surface area contributed by atoms with Crippen LogP contribution in [0.1, 0.15) is 258 Å². The first kappa shape index (κ1) is 66.5. The van der Waals surface area contributed by atoms with Gasteiger partial charge < -0.3 is 20.1 Å². The predicted molar refractivity (Wildman–Crippen MR) is 293 cm³/mol. The van der Waals surface area contributed by atoms with Crippen molar-refractivity contribution in [2.24, 2.45) is 5.73 Å². The second kappa shape index (κ2) is 54.8. The molecule has 0 spiro atoms. The molecule has 0 aliphatic heterocycles. The summed E-state index contributed by atoms with van der Waals surface area (Å²) in [5.74, 6) is -0.832. The molecule has 0 heterocycles. The molecule has 0 amide bonds. The first-order chi connectivity index (χ1) is 33.8. The maximum atomic E-state index is 12.7. The predicted octanol–water partition coefficient (Wildman–Crippen LogP) is 17.7. The number of allylic oxidation sites excluding steroid dienone is 12. The van der Waals surface area contributed by atoms with Crippen molar-refractivity contribution in [3.05, 3.63) is 72.9 Å². The van der Waals surface area contributed by atoms with E-state index in [4.69, 9.17) is 24.3 Å². The summed E-state index contributed by atoms with van der Waals surface area (Å²) in [5, 5.41) is 0. The number of esters is 2. The largest absolute Gasteiger partial charge is 0.472 e. The molecular weight excluding hydrogens is 882 g/mol. The summed E-state index contributed by atoms with van der Waals surface area (Å²) in [5.41, 5.74) is 5.37. The summed E-state index contributed by atoms with van der Waals surface area (Å²) in [6.07, 6.45) is 69.6. The van der Waals surface area contributed by atoms with Gasteiger partial charge in [0.05, 0.1) is 13.2 Å². The standard InChI is InChI=1S/C59H106NO8P/c1-3-5-7-9-11-13-15-17-19-20-21-22-23-24-25-26-27-28-29-30-31-32-33-34-35-36-38-40-42-44-46-48-50-52-59(62)68-57(56-67-69(63,64)66-54-53-60)55-65-58(61)51-49-47-45-43-41-39-37-18-16-14-12-10-8-6-4-2/h5,7,11,13,17-19,21-22,24-25,37,57H,3-4,6,8-10,12,14-16,20,23,26-36,38-56,60H2,1-2H3,(H,63,64)/b7-5-,13-11-,19-17-,22-21-,25-24-,37-18-. The van der Waals surface area contributed by atoms with Crippen molar-refractivity contribution in [1.82, 2.24) is 0 Å². The third-order valence-electron chi connectivity index (χ3n) is 12.1. The number of phosphoric acid groups is 1. The SMILES string of the molecule is CC/C=C\C/C=C\C/C=C\C/C=C\C/C=C\CCCCCCCCCCCCCCCCCCCC(=O)OC(COC(=O)CCCCCCC/C=C\CCCCCCCC)COP(=O)(O)OCCN. The Bertz CT molecular complexity index is 1360. The van der Waals surface area contributed by atoms with Crippen molar-refractivity contribution in [3.63, 3.8) is 0 Å². The Hall–Kier alpha value is -2.55. The smallest absolute Gasteiger partial charge is 0.462 e. The van der Waals surface area contributed by atoms with Gasteiger partial charge in [-0.3, -0.25) is 18.6 Å². The van der Waals surface area contributed by atoms with E-state index in [2.05, 4.69) is 86.8 Å².